The molecule has 1 heterocycles. The summed E-state index contributed by atoms with van der Waals surface area (Å²) < 4.78 is 11.0. The summed E-state index contributed by atoms with van der Waals surface area (Å²) in [5.74, 6) is 1.02. The van der Waals surface area contributed by atoms with Crippen LogP contribution < -0.4 is 20.1 Å². The van der Waals surface area contributed by atoms with Gasteiger partial charge in [0.25, 0.3) is 5.91 Å². The number of carbonyl (C=O) groups is 1. The summed E-state index contributed by atoms with van der Waals surface area (Å²) in [6.45, 7) is 7.37. The van der Waals surface area contributed by atoms with Gasteiger partial charge in [-0.3, -0.25) is 9.78 Å². The number of nitrogens with one attached hydrogen (secondary N) is 1. The molecule has 0 radical (unpaired) electrons. The van der Waals surface area contributed by atoms with E-state index in [2.05, 4.69) is 15.6 Å². The Bertz CT molecular complexity index is 712. The van der Waals surface area contributed by atoms with Crippen LogP contribution in [-0.4, -0.2) is 30.1 Å². The monoisotopic (exact) mass is 358 g/mol. The minimum Gasteiger partial charge on any atom is -0.493 e. The summed E-state index contributed by atoms with van der Waals surface area (Å²) in [6.07, 6.45) is 1.80. The zero-order chi connectivity index (χ0) is 19.0. The van der Waals surface area contributed by atoms with Crippen LogP contribution in [0.3, 0.4) is 0 Å². The van der Waals surface area contributed by atoms with Gasteiger partial charge in [0.05, 0.1) is 12.8 Å². The lowest BCUT2D eigenvalue weighted by molar-refractivity contribution is -0.686. The fraction of sp³-hybridized carbons (Fsp3) is 0.400. The number of aromatic nitrogens is 1. The van der Waals surface area contributed by atoms with Gasteiger partial charge < -0.3 is 20.1 Å². The van der Waals surface area contributed by atoms with Crippen LogP contribution in [0.4, 0.5) is 0 Å². The summed E-state index contributed by atoms with van der Waals surface area (Å²) in [6, 6.07) is 11.7. The van der Waals surface area contributed by atoms with Gasteiger partial charge in [-0.25, -0.2) is 0 Å². The first-order valence-electron chi connectivity index (χ1n) is 8.69. The number of rotatable bonds is 8. The van der Waals surface area contributed by atoms with Gasteiger partial charge in [0.15, 0.2) is 18.1 Å². The van der Waals surface area contributed by atoms with Crippen molar-refractivity contribution in [1.82, 2.24) is 10.3 Å². The molecule has 0 aliphatic rings. The second kappa shape index (κ2) is 9.20. The number of hydrogen-bond donors (Lipinski definition) is 2. The summed E-state index contributed by atoms with van der Waals surface area (Å²) in [4.78, 5) is 16.2. The summed E-state index contributed by atoms with van der Waals surface area (Å²) in [7, 11) is 1.60. The van der Waals surface area contributed by atoms with Crippen LogP contribution in [0.1, 0.15) is 32.0 Å². The number of nitrogens with zero attached hydrogens (tertiary/aromatic N) is 1. The number of amides is 1. The molecule has 26 heavy (non-hydrogen) atoms. The lowest BCUT2D eigenvalue weighted by Gasteiger charge is -2.20. The van der Waals surface area contributed by atoms with Crippen molar-refractivity contribution in [2.45, 2.75) is 39.4 Å². The Morgan fingerprint density at radius 2 is 1.96 bits per heavy atom. The zero-order valence-corrected chi connectivity index (χ0v) is 15.9. The Balaban J connectivity index is 1.89. The van der Waals surface area contributed by atoms with Crippen molar-refractivity contribution in [2.75, 3.05) is 13.7 Å². The zero-order valence-electron chi connectivity index (χ0n) is 15.9. The molecular weight excluding hydrogens is 330 g/mol. The Hall–Kier alpha value is -2.60. The highest BCUT2D eigenvalue weighted by molar-refractivity contribution is 5.78. The third kappa shape index (κ3) is 6.72. The Labute approximate surface area is 154 Å². The van der Waals surface area contributed by atoms with Gasteiger partial charge in [-0.15, -0.1) is 0 Å². The first-order chi connectivity index (χ1) is 12.4. The number of benzene rings is 1. The predicted molar refractivity (Wildman–Crippen MR) is 100.0 cm³/mol. The van der Waals surface area contributed by atoms with Gasteiger partial charge in [0.1, 0.15) is 13.1 Å². The number of ether oxygens (including phenoxy) is 2. The lowest BCUT2D eigenvalue weighted by atomic mass is 10.1. The number of carbonyl (C=O) groups excluding carboxylic acids is 1. The summed E-state index contributed by atoms with van der Waals surface area (Å²) in [5.41, 5.74) is 1.88. The number of pyridine rings is 1. The van der Waals surface area contributed by atoms with E-state index in [0.717, 1.165) is 24.3 Å². The molecule has 0 aliphatic carbocycles. The van der Waals surface area contributed by atoms with E-state index in [9.17, 15) is 4.79 Å². The van der Waals surface area contributed by atoms with E-state index in [1.54, 1.807) is 13.3 Å². The lowest BCUT2D eigenvalue weighted by Crippen LogP contribution is -2.80. The molecule has 1 amide bonds. The van der Waals surface area contributed by atoms with E-state index < -0.39 is 0 Å². The van der Waals surface area contributed by atoms with Crippen LogP contribution >= 0.6 is 0 Å². The van der Waals surface area contributed by atoms with Crippen LogP contribution in [0.25, 0.3) is 0 Å². The standard InChI is InChI=1S/C20H27N3O3/c1-20(2,3)23-19(24)14-26-17-9-8-15(11-18(17)25-4)12-21-13-16-7-5-6-10-22-16/h5-11,21H,12-14H2,1-4H3,(H,23,24)/p+1. The van der Waals surface area contributed by atoms with Gasteiger partial charge >= 0.3 is 0 Å². The number of quaternary nitrogens is 1. The van der Waals surface area contributed by atoms with Gasteiger partial charge in [-0.05, 0) is 51.1 Å². The minimum absolute atomic E-state index is 0.0429. The highest BCUT2D eigenvalue weighted by atomic mass is 16.5. The van der Waals surface area contributed by atoms with E-state index in [0.29, 0.717) is 11.5 Å². The Morgan fingerprint density at radius 3 is 2.62 bits per heavy atom. The second-order valence-corrected chi connectivity index (χ2v) is 7.09. The molecule has 1 aromatic carbocycles. The van der Waals surface area contributed by atoms with Crippen LogP contribution in [0.2, 0.25) is 0 Å². The van der Waals surface area contributed by atoms with Crippen molar-refractivity contribution >= 4 is 5.91 Å². The number of methoxy groups -OCH3 is 1. The third-order valence-corrected chi connectivity index (χ3v) is 3.56. The molecule has 0 atom stereocenters. The maximum absolute atomic E-state index is 11.9. The van der Waals surface area contributed by atoms with E-state index in [1.807, 2.05) is 57.2 Å². The van der Waals surface area contributed by atoms with Gasteiger partial charge in [-0.1, -0.05) is 6.07 Å². The molecule has 2 aromatic rings. The molecule has 0 fully saturated rings. The van der Waals surface area contributed by atoms with E-state index in [1.165, 1.54) is 0 Å². The maximum atomic E-state index is 11.9. The number of hydrogen-bond acceptors (Lipinski definition) is 4. The average molecular weight is 358 g/mol. The first kappa shape index (κ1) is 19.7. The van der Waals surface area contributed by atoms with Crippen molar-refractivity contribution < 1.29 is 19.6 Å². The van der Waals surface area contributed by atoms with Gasteiger partial charge in [0.2, 0.25) is 0 Å². The highest BCUT2D eigenvalue weighted by Crippen LogP contribution is 2.27. The van der Waals surface area contributed by atoms with Crippen molar-refractivity contribution in [1.29, 1.82) is 0 Å². The SMILES string of the molecule is COc1cc(C[NH2+]Cc2ccccn2)ccc1OCC(=O)NC(C)(C)C. The van der Waals surface area contributed by atoms with E-state index >= 15 is 0 Å². The molecule has 3 N–H and O–H groups in total. The fourth-order valence-electron chi connectivity index (χ4n) is 2.46. The Morgan fingerprint density at radius 1 is 1.15 bits per heavy atom. The molecule has 0 unspecified atom stereocenters. The normalized spacial score (nSPS) is 11.1. The van der Waals surface area contributed by atoms with Gasteiger partial charge in [-0.2, -0.15) is 0 Å². The molecule has 140 valence electrons. The van der Waals surface area contributed by atoms with E-state index in [-0.39, 0.29) is 18.1 Å². The summed E-state index contributed by atoms with van der Waals surface area (Å²) >= 11 is 0. The van der Waals surface area contributed by atoms with Crippen molar-refractivity contribution in [3.8, 4) is 11.5 Å². The molecular formula is C20H28N3O3+. The van der Waals surface area contributed by atoms with Crippen LogP contribution in [0, 0.1) is 0 Å². The summed E-state index contributed by atoms with van der Waals surface area (Å²) in [5, 5.41) is 5.04. The topological polar surface area (TPSA) is 77.1 Å². The third-order valence-electron chi connectivity index (χ3n) is 3.56. The maximum Gasteiger partial charge on any atom is 0.258 e. The smallest absolute Gasteiger partial charge is 0.258 e. The molecule has 0 saturated heterocycles. The molecule has 6 nitrogen and oxygen atoms in total. The molecule has 0 aliphatic heterocycles. The Kier molecular flexibility index (Phi) is 6.97. The molecule has 0 bridgehead atoms. The molecule has 1 aromatic heterocycles. The average Bonchev–Trinajstić information content (AvgIpc) is 2.60. The largest absolute Gasteiger partial charge is 0.493 e. The van der Waals surface area contributed by atoms with Crippen LogP contribution in [-0.2, 0) is 17.9 Å². The quantitative estimate of drug-likeness (QED) is 0.752. The van der Waals surface area contributed by atoms with E-state index in [4.69, 9.17) is 9.47 Å². The van der Waals surface area contributed by atoms with Gasteiger partial charge in [0, 0.05) is 17.3 Å². The van der Waals surface area contributed by atoms with Crippen molar-refractivity contribution in [2.24, 2.45) is 0 Å². The molecule has 0 spiro atoms. The predicted octanol–water partition coefficient (Wildman–Crippen LogP) is 1.65. The minimum atomic E-state index is -0.280. The number of nitrogens with two attached hydrogens (primary N) is 1. The molecule has 6 heteroatoms. The second-order valence-electron chi connectivity index (χ2n) is 7.09. The van der Waals surface area contributed by atoms with Crippen LogP contribution in [0.15, 0.2) is 42.6 Å². The first-order valence-corrected chi connectivity index (χ1v) is 8.69. The highest BCUT2D eigenvalue weighted by Gasteiger charge is 2.15. The molecule has 0 saturated carbocycles. The molecule has 2 rings (SSSR count). The van der Waals surface area contributed by atoms with Crippen molar-refractivity contribution in [3.63, 3.8) is 0 Å². The van der Waals surface area contributed by atoms with Crippen LogP contribution in [0.5, 0.6) is 11.5 Å². The van der Waals surface area contributed by atoms with Crippen molar-refractivity contribution in [3.05, 3.63) is 53.9 Å². The fourth-order valence-corrected chi connectivity index (χ4v) is 2.46.